The number of halogens is 5. The fourth-order valence-corrected chi connectivity index (χ4v) is 1.10. The summed E-state index contributed by atoms with van der Waals surface area (Å²) in [7, 11) is 0. The molecule has 0 radical (unpaired) electrons. The van der Waals surface area contributed by atoms with Crippen molar-refractivity contribution in [3.8, 4) is 0 Å². The van der Waals surface area contributed by atoms with Gasteiger partial charge in [-0.3, -0.25) is 4.79 Å². The van der Waals surface area contributed by atoms with Crippen LogP contribution in [-0.2, 0) is 4.79 Å². The number of nitrogens with one attached hydrogen (secondary N) is 1. The topological polar surface area (TPSA) is 29.1 Å². The summed E-state index contributed by atoms with van der Waals surface area (Å²) in [5.41, 5.74) is 0.248. The highest BCUT2D eigenvalue weighted by atomic mass is 35.6. The molecule has 1 aromatic carbocycles. The van der Waals surface area contributed by atoms with Crippen LogP contribution in [0.2, 0.25) is 5.02 Å². The summed E-state index contributed by atoms with van der Waals surface area (Å²) < 4.78 is 10.7. The third kappa shape index (κ3) is 3.68. The van der Waals surface area contributed by atoms with Crippen molar-refractivity contribution in [1.29, 1.82) is 0 Å². The number of alkyl halides is 3. The molecule has 7 heteroatoms. The molecule has 0 spiro atoms. The zero-order valence-corrected chi connectivity index (χ0v) is 10.1. The molecule has 0 fully saturated rings. The maximum atomic E-state index is 12.7. The fraction of sp³-hybridized carbons (Fsp3) is 0.125. The van der Waals surface area contributed by atoms with Crippen LogP contribution in [0.1, 0.15) is 0 Å². The van der Waals surface area contributed by atoms with Gasteiger partial charge in [0.25, 0.3) is 9.70 Å². The van der Waals surface area contributed by atoms with E-state index in [-0.39, 0.29) is 10.7 Å². The molecule has 15 heavy (non-hydrogen) atoms. The van der Waals surface area contributed by atoms with Gasteiger partial charge >= 0.3 is 0 Å². The predicted octanol–water partition coefficient (Wildman–Crippen LogP) is 3.79. The average Bonchev–Trinajstić information content (AvgIpc) is 2.10. The normalized spacial score (nSPS) is 11.3. The van der Waals surface area contributed by atoms with Crippen LogP contribution in [0.4, 0.5) is 10.1 Å². The molecular formula is C8H4Cl4FNO. The van der Waals surface area contributed by atoms with Crippen LogP contribution in [0.25, 0.3) is 0 Å². The second kappa shape index (κ2) is 4.74. The predicted molar refractivity (Wildman–Crippen MR) is 60.3 cm³/mol. The highest BCUT2D eigenvalue weighted by molar-refractivity contribution is 6.76. The van der Waals surface area contributed by atoms with E-state index < -0.39 is 15.5 Å². The first-order chi connectivity index (χ1) is 6.80. The van der Waals surface area contributed by atoms with Gasteiger partial charge in [0.05, 0.1) is 5.02 Å². The molecule has 0 atom stereocenters. The van der Waals surface area contributed by atoms with Gasteiger partial charge in [-0.15, -0.1) is 0 Å². The number of rotatable bonds is 1. The summed E-state index contributed by atoms with van der Waals surface area (Å²) in [5, 5.41) is 2.14. The summed E-state index contributed by atoms with van der Waals surface area (Å²) in [5.74, 6) is -1.43. The van der Waals surface area contributed by atoms with E-state index in [0.717, 1.165) is 6.07 Å². The summed E-state index contributed by atoms with van der Waals surface area (Å²) in [6, 6.07) is 3.61. The van der Waals surface area contributed by atoms with Gasteiger partial charge in [0, 0.05) is 5.69 Å². The average molecular weight is 291 g/mol. The van der Waals surface area contributed by atoms with Crippen molar-refractivity contribution < 1.29 is 9.18 Å². The number of carbonyl (C=O) groups is 1. The van der Waals surface area contributed by atoms with Gasteiger partial charge < -0.3 is 5.32 Å². The Kier molecular flexibility index (Phi) is 4.06. The first-order valence-electron chi connectivity index (χ1n) is 3.64. The van der Waals surface area contributed by atoms with E-state index in [1.54, 1.807) is 0 Å². The minimum atomic E-state index is -2.07. The summed E-state index contributed by atoms with van der Waals surface area (Å²) in [6.07, 6.45) is 0. The van der Waals surface area contributed by atoms with Crippen LogP contribution >= 0.6 is 46.4 Å². The van der Waals surface area contributed by atoms with Gasteiger partial charge in [0.15, 0.2) is 0 Å². The maximum absolute atomic E-state index is 12.7. The van der Waals surface area contributed by atoms with Crippen LogP contribution in [0.5, 0.6) is 0 Å². The Morgan fingerprint density at radius 1 is 1.33 bits per heavy atom. The molecule has 0 heterocycles. The van der Waals surface area contributed by atoms with Crippen molar-refractivity contribution in [3.05, 3.63) is 29.0 Å². The molecule has 1 rings (SSSR count). The summed E-state index contributed by atoms with van der Waals surface area (Å²) in [4.78, 5) is 11.2. The molecule has 0 aliphatic carbocycles. The standard InChI is InChI=1S/C8H4Cl4FNO/c9-5-3-4(1-2-6(5)13)14-7(15)8(10,11)12/h1-3H,(H,14,15). The van der Waals surface area contributed by atoms with Gasteiger partial charge in [-0.1, -0.05) is 46.4 Å². The molecule has 0 aliphatic heterocycles. The number of carbonyl (C=O) groups excluding carboxylic acids is 1. The molecular weight excluding hydrogens is 287 g/mol. The molecule has 2 nitrogen and oxygen atoms in total. The summed E-state index contributed by atoms with van der Waals surface area (Å²) >= 11 is 21.4. The lowest BCUT2D eigenvalue weighted by Gasteiger charge is -2.11. The third-order valence-corrected chi connectivity index (χ3v) is 2.24. The largest absolute Gasteiger partial charge is 0.322 e. The van der Waals surface area contributed by atoms with Gasteiger partial charge in [0.1, 0.15) is 5.82 Å². The molecule has 0 aliphatic rings. The van der Waals surface area contributed by atoms with Crippen molar-refractivity contribution >= 4 is 58.0 Å². The van der Waals surface area contributed by atoms with E-state index in [1.165, 1.54) is 12.1 Å². The van der Waals surface area contributed by atoms with Crippen molar-refractivity contribution in [2.45, 2.75) is 3.79 Å². The maximum Gasteiger partial charge on any atom is 0.276 e. The lowest BCUT2D eigenvalue weighted by molar-refractivity contribution is -0.115. The number of hydrogen-bond donors (Lipinski definition) is 1. The van der Waals surface area contributed by atoms with Crippen molar-refractivity contribution in [2.24, 2.45) is 0 Å². The zero-order valence-electron chi connectivity index (χ0n) is 7.03. The second-order valence-electron chi connectivity index (χ2n) is 2.58. The molecule has 0 aromatic heterocycles. The number of benzene rings is 1. The third-order valence-electron chi connectivity index (χ3n) is 1.43. The van der Waals surface area contributed by atoms with Crippen molar-refractivity contribution in [3.63, 3.8) is 0 Å². The monoisotopic (exact) mass is 289 g/mol. The van der Waals surface area contributed by atoms with Gasteiger partial charge in [0.2, 0.25) is 0 Å². The molecule has 0 saturated carbocycles. The number of hydrogen-bond acceptors (Lipinski definition) is 1. The van der Waals surface area contributed by atoms with Crippen molar-refractivity contribution in [1.82, 2.24) is 0 Å². The molecule has 0 saturated heterocycles. The Morgan fingerprint density at radius 2 is 1.93 bits per heavy atom. The Bertz CT molecular complexity index is 391. The minimum absolute atomic E-state index is 0.128. The highest BCUT2D eigenvalue weighted by Gasteiger charge is 2.30. The molecule has 0 unspecified atom stereocenters. The van der Waals surface area contributed by atoms with Crippen LogP contribution in [0.15, 0.2) is 18.2 Å². The Hall–Kier alpha value is -0.220. The van der Waals surface area contributed by atoms with Gasteiger partial charge in [-0.05, 0) is 18.2 Å². The zero-order chi connectivity index (χ0) is 11.6. The SMILES string of the molecule is O=C(Nc1ccc(F)c(Cl)c1)C(Cl)(Cl)Cl. The lowest BCUT2D eigenvalue weighted by atomic mass is 10.3. The Balaban J connectivity index is 2.83. The van der Waals surface area contributed by atoms with E-state index in [2.05, 4.69) is 5.32 Å². The Labute approximate surface area is 105 Å². The number of anilines is 1. The first kappa shape index (κ1) is 12.8. The van der Waals surface area contributed by atoms with Crippen LogP contribution in [-0.4, -0.2) is 9.70 Å². The Morgan fingerprint density at radius 3 is 2.40 bits per heavy atom. The minimum Gasteiger partial charge on any atom is -0.322 e. The first-order valence-corrected chi connectivity index (χ1v) is 5.15. The van der Waals surface area contributed by atoms with Crippen molar-refractivity contribution in [2.75, 3.05) is 5.32 Å². The van der Waals surface area contributed by atoms with E-state index in [4.69, 9.17) is 46.4 Å². The van der Waals surface area contributed by atoms with E-state index >= 15 is 0 Å². The lowest BCUT2D eigenvalue weighted by Crippen LogP contribution is -2.26. The smallest absolute Gasteiger partial charge is 0.276 e. The van der Waals surface area contributed by atoms with E-state index in [0.29, 0.717) is 0 Å². The van der Waals surface area contributed by atoms with Gasteiger partial charge in [-0.25, -0.2) is 4.39 Å². The summed E-state index contributed by atoms with van der Waals surface area (Å²) in [6.45, 7) is 0. The van der Waals surface area contributed by atoms with E-state index in [1.807, 2.05) is 0 Å². The molecule has 1 aromatic rings. The quantitative estimate of drug-likeness (QED) is 0.784. The molecule has 1 N–H and O–H groups in total. The van der Waals surface area contributed by atoms with Gasteiger partial charge in [-0.2, -0.15) is 0 Å². The molecule has 82 valence electrons. The van der Waals surface area contributed by atoms with Crippen LogP contribution in [0.3, 0.4) is 0 Å². The number of amides is 1. The fourth-order valence-electron chi connectivity index (χ4n) is 0.776. The van der Waals surface area contributed by atoms with Crippen LogP contribution in [0, 0.1) is 5.82 Å². The van der Waals surface area contributed by atoms with Crippen LogP contribution < -0.4 is 5.32 Å². The highest BCUT2D eigenvalue weighted by Crippen LogP contribution is 2.28. The second-order valence-corrected chi connectivity index (χ2v) is 5.27. The molecule has 0 bridgehead atoms. The van der Waals surface area contributed by atoms with E-state index in [9.17, 15) is 9.18 Å². The molecule has 1 amide bonds.